The maximum atomic E-state index is 3.24. The highest BCUT2D eigenvalue weighted by molar-refractivity contribution is 4.52. The fourth-order valence-corrected chi connectivity index (χ4v) is 4.79. The first-order valence-corrected chi connectivity index (χ1v) is 15.1. The van der Waals surface area contributed by atoms with Crippen LogP contribution in [0.15, 0.2) is 0 Å². The normalized spacial score (nSPS) is 11.4. The molecule has 31 heavy (non-hydrogen) atoms. The standard InChI is InChI=1S/C30H63N/c1-3-4-5-6-7-8-9-10-11-12-13-14-15-16-17-18-19-20-21-22-23-24-25-26-27-28-29-30-31-2/h31H,3-30H2,1-2H3. The van der Waals surface area contributed by atoms with Gasteiger partial charge in [0.05, 0.1) is 0 Å². The minimum absolute atomic E-state index is 1.19. The molecule has 0 aromatic heterocycles. The van der Waals surface area contributed by atoms with Gasteiger partial charge in [0.1, 0.15) is 0 Å². The summed E-state index contributed by atoms with van der Waals surface area (Å²) < 4.78 is 0. The van der Waals surface area contributed by atoms with Crippen LogP contribution in [0.1, 0.15) is 180 Å². The summed E-state index contributed by atoms with van der Waals surface area (Å²) in [5.74, 6) is 0. The van der Waals surface area contributed by atoms with Gasteiger partial charge in [-0.05, 0) is 20.0 Å². The summed E-state index contributed by atoms with van der Waals surface area (Å²) in [7, 11) is 2.06. The molecule has 0 aromatic rings. The summed E-state index contributed by atoms with van der Waals surface area (Å²) in [4.78, 5) is 0. The van der Waals surface area contributed by atoms with Crippen LogP contribution in [-0.4, -0.2) is 13.6 Å². The Morgan fingerprint density at radius 2 is 0.484 bits per heavy atom. The van der Waals surface area contributed by atoms with Gasteiger partial charge in [-0.2, -0.15) is 0 Å². The Balaban J connectivity index is 2.98. The van der Waals surface area contributed by atoms with Gasteiger partial charge in [0, 0.05) is 0 Å². The minimum atomic E-state index is 1.19. The molecule has 1 heteroatoms. The molecule has 188 valence electrons. The van der Waals surface area contributed by atoms with Gasteiger partial charge < -0.3 is 5.32 Å². The topological polar surface area (TPSA) is 12.0 Å². The first kappa shape index (κ1) is 31.0. The molecule has 0 aliphatic rings. The molecule has 0 fully saturated rings. The molecule has 0 atom stereocenters. The monoisotopic (exact) mass is 437 g/mol. The van der Waals surface area contributed by atoms with E-state index in [1.807, 2.05) is 0 Å². The molecule has 0 aliphatic heterocycles. The van der Waals surface area contributed by atoms with E-state index in [1.54, 1.807) is 0 Å². The molecule has 0 spiro atoms. The first-order chi connectivity index (χ1) is 15.4. The molecule has 0 radical (unpaired) electrons. The van der Waals surface area contributed by atoms with Crippen LogP contribution >= 0.6 is 0 Å². The molecule has 0 amide bonds. The van der Waals surface area contributed by atoms with Crippen LogP contribution in [0, 0.1) is 0 Å². The van der Waals surface area contributed by atoms with Crippen LogP contribution < -0.4 is 5.32 Å². The molecule has 1 N–H and O–H groups in total. The third-order valence-electron chi connectivity index (χ3n) is 7.03. The van der Waals surface area contributed by atoms with Gasteiger partial charge in [0.15, 0.2) is 0 Å². The Kier molecular flexibility index (Phi) is 29.9. The zero-order valence-corrected chi connectivity index (χ0v) is 22.3. The van der Waals surface area contributed by atoms with Crippen LogP contribution in [0.2, 0.25) is 0 Å². The van der Waals surface area contributed by atoms with Crippen molar-refractivity contribution in [3.8, 4) is 0 Å². The van der Waals surface area contributed by atoms with Crippen molar-refractivity contribution in [3.63, 3.8) is 0 Å². The van der Waals surface area contributed by atoms with Crippen LogP contribution in [0.3, 0.4) is 0 Å². The average Bonchev–Trinajstić information content (AvgIpc) is 2.78. The smallest absolute Gasteiger partial charge is 0.00519 e. The highest BCUT2D eigenvalue weighted by Gasteiger charge is 1.96. The number of hydrogen-bond acceptors (Lipinski definition) is 1. The highest BCUT2D eigenvalue weighted by Crippen LogP contribution is 2.16. The van der Waals surface area contributed by atoms with Gasteiger partial charge in [0.2, 0.25) is 0 Å². The highest BCUT2D eigenvalue weighted by atomic mass is 14.8. The summed E-state index contributed by atoms with van der Waals surface area (Å²) in [5.41, 5.74) is 0. The Labute approximate surface area is 199 Å². The van der Waals surface area contributed by atoms with Gasteiger partial charge in [0.25, 0.3) is 0 Å². The minimum Gasteiger partial charge on any atom is -0.320 e. The number of hydrogen-bond donors (Lipinski definition) is 1. The van der Waals surface area contributed by atoms with Crippen LogP contribution in [0.5, 0.6) is 0 Å². The van der Waals surface area contributed by atoms with Crippen molar-refractivity contribution in [1.82, 2.24) is 5.32 Å². The zero-order valence-electron chi connectivity index (χ0n) is 22.3. The lowest BCUT2D eigenvalue weighted by Gasteiger charge is -2.04. The SMILES string of the molecule is CCCCCCCCCCCCCCCCCCCCCCCCCCCCCNC. The van der Waals surface area contributed by atoms with E-state index in [9.17, 15) is 0 Å². The lowest BCUT2D eigenvalue weighted by atomic mass is 10.0. The largest absolute Gasteiger partial charge is 0.320 e. The van der Waals surface area contributed by atoms with E-state index in [0.29, 0.717) is 0 Å². The van der Waals surface area contributed by atoms with Gasteiger partial charge in [-0.1, -0.05) is 174 Å². The molecule has 0 saturated heterocycles. The van der Waals surface area contributed by atoms with Crippen molar-refractivity contribution in [2.45, 2.75) is 180 Å². The lowest BCUT2D eigenvalue weighted by Crippen LogP contribution is -2.06. The van der Waals surface area contributed by atoms with Gasteiger partial charge in [-0.3, -0.25) is 0 Å². The van der Waals surface area contributed by atoms with E-state index in [4.69, 9.17) is 0 Å². The van der Waals surface area contributed by atoms with Crippen LogP contribution in [0.25, 0.3) is 0 Å². The third kappa shape index (κ3) is 30.0. The van der Waals surface area contributed by atoms with E-state index in [-0.39, 0.29) is 0 Å². The fourth-order valence-electron chi connectivity index (χ4n) is 4.79. The second kappa shape index (κ2) is 30.0. The summed E-state index contributed by atoms with van der Waals surface area (Å²) in [5, 5.41) is 3.24. The van der Waals surface area contributed by atoms with Crippen molar-refractivity contribution in [2.24, 2.45) is 0 Å². The van der Waals surface area contributed by atoms with E-state index in [0.717, 1.165) is 0 Å². The Bertz CT molecular complexity index is 260. The molecule has 0 aromatic carbocycles. The maximum Gasteiger partial charge on any atom is -0.00519 e. The van der Waals surface area contributed by atoms with E-state index < -0.39 is 0 Å². The summed E-state index contributed by atoms with van der Waals surface area (Å²) >= 11 is 0. The molecule has 0 heterocycles. The van der Waals surface area contributed by atoms with Gasteiger partial charge in [-0.15, -0.1) is 0 Å². The lowest BCUT2D eigenvalue weighted by molar-refractivity contribution is 0.514. The molecule has 0 rings (SSSR count). The Morgan fingerprint density at radius 1 is 0.290 bits per heavy atom. The number of nitrogens with one attached hydrogen (secondary N) is 1. The number of unbranched alkanes of at least 4 members (excludes halogenated alkanes) is 26. The zero-order chi connectivity index (χ0) is 22.5. The average molecular weight is 438 g/mol. The fraction of sp³-hybridized carbons (Fsp3) is 1.00. The second-order valence-electron chi connectivity index (χ2n) is 10.3. The quantitative estimate of drug-likeness (QED) is 0.120. The van der Waals surface area contributed by atoms with Gasteiger partial charge in [-0.25, -0.2) is 0 Å². The summed E-state index contributed by atoms with van der Waals surface area (Å²) in [6, 6.07) is 0. The van der Waals surface area contributed by atoms with Gasteiger partial charge >= 0.3 is 0 Å². The predicted octanol–water partition coefficient (Wildman–Crippen LogP) is 10.8. The molecule has 0 aliphatic carbocycles. The maximum absolute atomic E-state index is 3.24. The first-order valence-electron chi connectivity index (χ1n) is 15.1. The Morgan fingerprint density at radius 3 is 0.677 bits per heavy atom. The van der Waals surface area contributed by atoms with Crippen LogP contribution in [-0.2, 0) is 0 Å². The second-order valence-corrected chi connectivity index (χ2v) is 10.3. The number of rotatable bonds is 28. The van der Waals surface area contributed by atoms with Crippen molar-refractivity contribution in [1.29, 1.82) is 0 Å². The molecular weight excluding hydrogens is 374 g/mol. The van der Waals surface area contributed by atoms with Crippen LogP contribution in [0.4, 0.5) is 0 Å². The summed E-state index contributed by atoms with van der Waals surface area (Å²) in [6.45, 7) is 3.50. The Hall–Kier alpha value is -0.0400. The van der Waals surface area contributed by atoms with E-state index in [1.165, 1.54) is 180 Å². The molecule has 1 nitrogen and oxygen atoms in total. The van der Waals surface area contributed by atoms with E-state index in [2.05, 4.69) is 19.3 Å². The molecular formula is C30H63N. The third-order valence-corrected chi connectivity index (χ3v) is 7.03. The van der Waals surface area contributed by atoms with Crippen molar-refractivity contribution in [2.75, 3.05) is 13.6 Å². The van der Waals surface area contributed by atoms with Crippen molar-refractivity contribution in [3.05, 3.63) is 0 Å². The summed E-state index contributed by atoms with van der Waals surface area (Å²) in [6.07, 6.45) is 39.7. The molecule has 0 saturated carbocycles. The van der Waals surface area contributed by atoms with Crippen molar-refractivity contribution < 1.29 is 0 Å². The predicted molar refractivity (Wildman–Crippen MR) is 144 cm³/mol. The van der Waals surface area contributed by atoms with E-state index >= 15 is 0 Å². The molecule has 0 bridgehead atoms. The molecule has 0 unspecified atom stereocenters. The van der Waals surface area contributed by atoms with Crippen molar-refractivity contribution >= 4 is 0 Å².